The summed E-state index contributed by atoms with van der Waals surface area (Å²) in [5.74, 6) is 0.755. The van der Waals surface area contributed by atoms with Gasteiger partial charge in [-0.3, -0.25) is 4.79 Å². The molecule has 2 rings (SSSR count). The number of amides is 1. The zero-order chi connectivity index (χ0) is 13.7. The number of carbonyl (C=O) groups is 1. The molecule has 0 saturated carbocycles. The van der Waals surface area contributed by atoms with Gasteiger partial charge in [-0.05, 0) is 31.6 Å². The van der Waals surface area contributed by atoms with E-state index >= 15 is 0 Å². The van der Waals surface area contributed by atoms with E-state index in [1.165, 1.54) is 17.8 Å². The number of nitrogens with zero attached hydrogens (tertiary/aromatic N) is 3. The Labute approximate surface area is 118 Å². The van der Waals surface area contributed by atoms with Crippen molar-refractivity contribution in [2.75, 3.05) is 25.0 Å². The first-order valence-electron chi connectivity index (χ1n) is 7.07. The molecule has 106 valence electrons. The van der Waals surface area contributed by atoms with Crippen molar-refractivity contribution in [3.63, 3.8) is 0 Å². The summed E-state index contributed by atoms with van der Waals surface area (Å²) in [4.78, 5) is 14.3. The van der Waals surface area contributed by atoms with Crippen molar-refractivity contribution in [3.8, 4) is 0 Å². The highest BCUT2D eigenvalue weighted by atomic mass is 32.1. The number of rotatable bonds is 4. The summed E-state index contributed by atoms with van der Waals surface area (Å²) >= 11 is 1.36. The molecule has 0 aliphatic carbocycles. The smallest absolute Gasteiger partial charge is 0.284 e. The average Bonchev–Trinajstić information content (AvgIpc) is 2.78. The van der Waals surface area contributed by atoms with Crippen LogP contribution in [0.2, 0.25) is 0 Å². The first-order chi connectivity index (χ1) is 9.20. The molecule has 1 aromatic rings. The summed E-state index contributed by atoms with van der Waals surface area (Å²) in [6.45, 7) is 6.91. The van der Waals surface area contributed by atoms with Gasteiger partial charge in [0.25, 0.3) is 5.91 Å². The maximum atomic E-state index is 12.4. The third-order valence-electron chi connectivity index (χ3n) is 3.44. The van der Waals surface area contributed by atoms with Crippen LogP contribution in [0.5, 0.6) is 0 Å². The molecule has 0 bridgehead atoms. The maximum absolute atomic E-state index is 12.4. The molecule has 19 heavy (non-hydrogen) atoms. The molecule has 1 amide bonds. The Hall–Kier alpha value is -1.17. The molecule has 0 radical (unpaired) electrons. The number of hydrogen-bond acceptors (Lipinski definition) is 5. The molecule has 1 atom stereocenters. The zero-order valence-electron chi connectivity index (χ0n) is 11.7. The van der Waals surface area contributed by atoms with Gasteiger partial charge in [-0.1, -0.05) is 25.2 Å². The number of aromatic nitrogens is 2. The van der Waals surface area contributed by atoms with Crippen LogP contribution in [0.1, 0.15) is 49.3 Å². The molecule has 2 heterocycles. The Kier molecular flexibility index (Phi) is 5.13. The van der Waals surface area contributed by atoms with Crippen molar-refractivity contribution in [2.45, 2.75) is 39.5 Å². The molecule has 1 aromatic heterocycles. The van der Waals surface area contributed by atoms with Crippen LogP contribution < -0.4 is 5.32 Å². The van der Waals surface area contributed by atoms with Crippen molar-refractivity contribution in [2.24, 2.45) is 5.92 Å². The normalized spacial score (nSPS) is 20.1. The average molecular weight is 282 g/mol. The van der Waals surface area contributed by atoms with E-state index in [1.807, 2.05) is 4.90 Å². The van der Waals surface area contributed by atoms with Crippen LogP contribution in [0.15, 0.2) is 0 Å². The van der Waals surface area contributed by atoms with Crippen LogP contribution in [0.25, 0.3) is 0 Å². The van der Waals surface area contributed by atoms with E-state index < -0.39 is 0 Å². The van der Waals surface area contributed by atoms with Crippen molar-refractivity contribution >= 4 is 22.4 Å². The van der Waals surface area contributed by atoms with Gasteiger partial charge in [0.2, 0.25) is 10.1 Å². The third-order valence-corrected chi connectivity index (χ3v) is 4.31. The van der Waals surface area contributed by atoms with Gasteiger partial charge in [-0.15, -0.1) is 10.2 Å². The molecule has 0 spiro atoms. The highest BCUT2D eigenvalue weighted by molar-refractivity contribution is 7.17. The van der Waals surface area contributed by atoms with E-state index in [9.17, 15) is 4.79 Å². The summed E-state index contributed by atoms with van der Waals surface area (Å²) in [6, 6.07) is 0. The molecule has 6 heteroatoms. The summed E-state index contributed by atoms with van der Waals surface area (Å²) in [7, 11) is 0. The lowest BCUT2D eigenvalue weighted by Gasteiger charge is -2.18. The predicted molar refractivity (Wildman–Crippen MR) is 77.6 cm³/mol. The molecular weight excluding hydrogens is 260 g/mol. The first kappa shape index (κ1) is 14.2. The Morgan fingerprint density at radius 3 is 3.05 bits per heavy atom. The molecule has 1 saturated heterocycles. The second-order valence-corrected chi connectivity index (χ2v) is 6.14. The molecular formula is C13H22N4OS. The summed E-state index contributed by atoms with van der Waals surface area (Å²) in [6.07, 6.45) is 4.42. The van der Waals surface area contributed by atoms with E-state index in [-0.39, 0.29) is 5.91 Å². The van der Waals surface area contributed by atoms with Crippen LogP contribution in [0, 0.1) is 5.92 Å². The lowest BCUT2D eigenvalue weighted by atomic mass is 10.0. The van der Waals surface area contributed by atoms with Crippen LogP contribution in [-0.4, -0.2) is 40.6 Å². The number of likely N-dealkylation sites (tertiary alicyclic amines) is 1. The largest absolute Gasteiger partial charge is 0.360 e. The van der Waals surface area contributed by atoms with Gasteiger partial charge in [0.15, 0.2) is 0 Å². The number of carbonyl (C=O) groups excluding carboxylic acids is 1. The summed E-state index contributed by atoms with van der Waals surface area (Å²) in [5.41, 5.74) is 0. The lowest BCUT2D eigenvalue weighted by Crippen LogP contribution is -2.31. The van der Waals surface area contributed by atoms with Gasteiger partial charge in [-0.2, -0.15) is 0 Å². The van der Waals surface area contributed by atoms with Crippen molar-refractivity contribution in [1.29, 1.82) is 0 Å². The van der Waals surface area contributed by atoms with Crippen molar-refractivity contribution in [1.82, 2.24) is 15.1 Å². The predicted octanol–water partition coefficient (Wildman–Crippen LogP) is 2.62. The fourth-order valence-corrected chi connectivity index (χ4v) is 2.95. The first-order valence-corrected chi connectivity index (χ1v) is 7.89. The topological polar surface area (TPSA) is 58.1 Å². The monoisotopic (exact) mass is 282 g/mol. The van der Waals surface area contributed by atoms with Crippen molar-refractivity contribution in [3.05, 3.63) is 5.01 Å². The number of nitrogens with one attached hydrogen (secondary N) is 1. The second kappa shape index (κ2) is 6.84. The SMILES string of the molecule is CCCNc1nnc(C(=O)N2CCCC(C)CC2)s1. The number of hydrogen-bond donors (Lipinski definition) is 1. The Morgan fingerprint density at radius 2 is 2.26 bits per heavy atom. The van der Waals surface area contributed by atoms with Gasteiger partial charge >= 0.3 is 0 Å². The minimum Gasteiger partial charge on any atom is -0.360 e. The van der Waals surface area contributed by atoms with Crippen LogP contribution in [0.4, 0.5) is 5.13 Å². The molecule has 1 unspecified atom stereocenters. The van der Waals surface area contributed by atoms with Crippen LogP contribution >= 0.6 is 11.3 Å². The van der Waals surface area contributed by atoms with Gasteiger partial charge in [0.1, 0.15) is 0 Å². The van der Waals surface area contributed by atoms with E-state index in [0.717, 1.165) is 44.0 Å². The lowest BCUT2D eigenvalue weighted by molar-refractivity contribution is 0.0759. The highest BCUT2D eigenvalue weighted by Crippen LogP contribution is 2.21. The molecule has 5 nitrogen and oxygen atoms in total. The van der Waals surface area contributed by atoms with E-state index in [0.29, 0.717) is 10.9 Å². The molecule has 1 fully saturated rings. The van der Waals surface area contributed by atoms with E-state index in [2.05, 4.69) is 29.4 Å². The van der Waals surface area contributed by atoms with Gasteiger partial charge in [-0.25, -0.2) is 0 Å². The molecule has 1 aliphatic rings. The maximum Gasteiger partial charge on any atom is 0.284 e. The van der Waals surface area contributed by atoms with Crippen LogP contribution in [0.3, 0.4) is 0 Å². The Morgan fingerprint density at radius 1 is 1.42 bits per heavy atom. The minimum atomic E-state index is 0.0381. The molecule has 1 aliphatic heterocycles. The molecule has 1 N–H and O–H groups in total. The van der Waals surface area contributed by atoms with Crippen molar-refractivity contribution < 1.29 is 4.79 Å². The standard InChI is InChI=1S/C13H22N4OS/c1-3-7-14-13-16-15-11(19-13)12(18)17-8-4-5-10(2)6-9-17/h10H,3-9H2,1-2H3,(H,14,16). The van der Waals surface area contributed by atoms with Crippen LogP contribution in [-0.2, 0) is 0 Å². The second-order valence-electron chi connectivity index (χ2n) is 5.17. The number of anilines is 1. The minimum absolute atomic E-state index is 0.0381. The van der Waals surface area contributed by atoms with E-state index in [1.54, 1.807) is 0 Å². The molecule has 0 aromatic carbocycles. The van der Waals surface area contributed by atoms with Gasteiger partial charge in [0, 0.05) is 19.6 Å². The fraction of sp³-hybridized carbons (Fsp3) is 0.769. The Balaban J connectivity index is 1.96. The fourth-order valence-electron chi connectivity index (χ4n) is 2.21. The van der Waals surface area contributed by atoms with E-state index in [4.69, 9.17) is 0 Å². The zero-order valence-corrected chi connectivity index (χ0v) is 12.5. The Bertz CT molecular complexity index is 421. The highest BCUT2D eigenvalue weighted by Gasteiger charge is 2.22. The van der Waals surface area contributed by atoms with Gasteiger partial charge in [0.05, 0.1) is 0 Å². The third kappa shape index (κ3) is 3.89. The summed E-state index contributed by atoms with van der Waals surface area (Å²) < 4.78 is 0. The van der Waals surface area contributed by atoms with Gasteiger partial charge < -0.3 is 10.2 Å². The summed E-state index contributed by atoms with van der Waals surface area (Å²) in [5, 5.41) is 12.4. The quantitative estimate of drug-likeness (QED) is 0.922.